The van der Waals surface area contributed by atoms with Crippen LogP contribution in [0.25, 0.3) is 0 Å². The highest BCUT2D eigenvalue weighted by Gasteiger charge is 2.20. The highest BCUT2D eigenvalue weighted by molar-refractivity contribution is 8.00. The number of hydrogen-bond acceptors (Lipinski definition) is 2. The van der Waals surface area contributed by atoms with Crippen molar-refractivity contribution in [2.45, 2.75) is 26.3 Å². The summed E-state index contributed by atoms with van der Waals surface area (Å²) in [5.41, 5.74) is 1.43. The van der Waals surface area contributed by atoms with Crippen molar-refractivity contribution in [2.75, 3.05) is 10.6 Å². The molecule has 0 atom stereocenters. The molecule has 0 aliphatic heterocycles. The molecule has 0 aliphatic carbocycles. The molecule has 0 saturated heterocycles. The van der Waals surface area contributed by atoms with Crippen LogP contribution in [0.5, 0.6) is 0 Å². The molecule has 0 amide bonds. The van der Waals surface area contributed by atoms with Crippen molar-refractivity contribution in [3.63, 3.8) is 0 Å². The number of nitrogens with zero attached hydrogens (tertiary/aromatic N) is 1. The average Bonchev–Trinajstić information content (AvgIpc) is 2.05. The molecule has 0 bridgehead atoms. The minimum atomic E-state index is 0.167. The predicted molar refractivity (Wildman–Crippen MR) is 62.2 cm³/mol. The van der Waals surface area contributed by atoms with Crippen LogP contribution in [0.1, 0.15) is 20.8 Å². The maximum atomic E-state index is 2.31. The lowest BCUT2D eigenvalue weighted by molar-refractivity contribution is 0.590. The van der Waals surface area contributed by atoms with Gasteiger partial charge in [0.2, 0.25) is 0 Å². The van der Waals surface area contributed by atoms with Crippen molar-refractivity contribution in [3.8, 4) is 0 Å². The summed E-state index contributed by atoms with van der Waals surface area (Å²) in [6.45, 7) is 6.66. The molecule has 0 heterocycles. The minimum Gasteiger partial charge on any atom is -0.311 e. The Balaban J connectivity index is 2.92. The molecule has 1 aromatic carbocycles. The van der Waals surface area contributed by atoms with E-state index in [9.17, 15) is 0 Å². The quantitative estimate of drug-likeness (QED) is 0.664. The molecule has 1 rings (SSSR count). The summed E-state index contributed by atoms with van der Waals surface area (Å²) in [7, 11) is 0. The van der Waals surface area contributed by atoms with E-state index in [1.807, 2.05) is 6.07 Å². The first-order chi connectivity index (χ1) is 6.05. The van der Waals surface area contributed by atoms with Crippen LogP contribution in [0.3, 0.4) is 0 Å². The van der Waals surface area contributed by atoms with E-state index in [2.05, 4.69) is 55.6 Å². The molecule has 0 unspecified atom stereocenters. The third-order valence-corrected chi connectivity index (χ3v) is 2.91. The summed E-state index contributed by atoms with van der Waals surface area (Å²) >= 11 is 1.76. The summed E-state index contributed by atoms with van der Waals surface area (Å²) in [5, 5.41) is 0. The third kappa shape index (κ3) is 2.66. The number of anilines is 1. The number of rotatable bonds is 2. The van der Waals surface area contributed by atoms with E-state index in [0.717, 1.165) is 0 Å². The Hall–Kier alpha value is -0.630. The summed E-state index contributed by atoms with van der Waals surface area (Å²) in [6.07, 6.45) is 2.11. The van der Waals surface area contributed by atoms with Crippen LogP contribution < -0.4 is 4.31 Å². The highest BCUT2D eigenvalue weighted by Crippen LogP contribution is 2.29. The van der Waals surface area contributed by atoms with Gasteiger partial charge in [0, 0.05) is 17.5 Å². The van der Waals surface area contributed by atoms with Gasteiger partial charge in [-0.2, -0.15) is 0 Å². The van der Waals surface area contributed by atoms with Crippen molar-refractivity contribution >= 4 is 17.6 Å². The molecule has 0 fully saturated rings. The van der Waals surface area contributed by atoms with Gasteiger partial charge in [-0.3, -0.25) is 0 Å². The van der Waals surface area contributed by atoms with E-state index in [1.54, 1.807) is 11.9 Å². The third-order valence-electron chi connectivity index (χ3n) is 1.78. The van der Waals surface area contributed by atoms with Gasteiger partial charge in [0.15, 0.2) is 0 Å². The Labute approximate surface area is 85.3 Å². The second kappa shape index (κ2) is 4.05. The van der Waals surface area contributed by atoms with Crippen LogP contribution in [-0.4, -0.2) is 11.8 Å². The van der Waals surface area contributed by atoms with Crippen LogP contribution >= 0.6 is 11.9 Å². The zero-order valence-corrected chi connectivity index (χ0v) is 9.56. The Morgan fingerprint density at radius 2 is 1.62 bits per heavy atom. The molecule has 0 N–H and O–H groups in total. The van der Waals surface area contributed by atoms with Gasteiger partial charge in [0.1, 0.15) is 0 Å². The van der Waals surface area contributed by atoms with E-state index in [4.69, 9.17) is 0 Å². The average molecular weight is 195 g/mol. The fourth-order valence-corrected chi connectivity index (χ4v) is 2.21. The summed E-state index contributed by atoms with van der Waals surface area (Å²) in [4.78, 5) is 0. The second-order valence-corrected chi connectivity index (χ2v) is 4.71. The largest absolute Gasteiger partial charge is 0.311 e. The van der Waals surface area contributed by atoms with Crippen molar-refractivity contribution < 1.29 is 0 Å². The van der Waals surface area contributed by atoms with Gasteiger partial charge in [-0.1, -0.05) is 30.1 Å². The molecule has 0 aromatic heterocycles. The minimum absolute atomic E-state index is 0.167. The monoisotopic (exact) mass is 195 g/mol. The van der Waals surface area contributed by atoms with Gasteiger partial charge >= 0.3 is 0 Å². The molecule has 0 radical (unpaired) electrons. The molecule has 1 aromatic rings. The lowest BCUT2D eigenvalue weighted by Gasteiger charge is -2.35. The summed E-state index contributed by atoms with van der Waals surface area (Å²) in [6, 6.07) is 10.5. The van der Waals surface area contributed by atoms with E-state index >= 15 is 0 Å². The molecule has 0 spiro atoms. The number of para-hydroxylation sites is 1. The van der Waals surface area contributed by atoms with Gasteiger partial charge in [0.25, 0.3) is 0 Å². The first kappa shape index (κ1) is 10.5. The fraction of sp³-hybridized carbons (Fsp3) is 0.455. The lowest BCUT2D eigenvalue weighted by atomic mass is 10.1. The van der Waals surface area contributed by atoms with E-state index in [-0.39, 0.29) is 5.54 Å². The molecule has 0 saturated carbocycles. The first-order valence-electron chi connectivity index (χ1n) is 4.45. The Morgan fingerprint density at radius 3 is 2.00 bits per heavy atom. The van der Waals surface area contributed by atoms with Crippen molar-refractivity contribution in [1.82, 2.24) is 0 Å². The van der Waals surface area contributed by atoms with Gasteiger partial charge < -0.3 is 4.31 Å². The molecule has 0 aliphatic rings. The molecule has 72 valence electrons. The standard InChI is InChI=1S/C11H17NS/c1-11(2,3)12(13-4)10-8-6-5-7-9-10/h5-9H,1-4H3. The van der Waals surface area contributed by atoms with Crippen LogP contribution in [0.2, 0.25) is 0 Å². The molecular formula is C11H17NS. The maximum Gasteiger partial charge on any atom is 0.0475 e. The Kier molecular flexibility index (Phi) is 3.26. The SMILES string of the molecule is CSN(c1ccccc1)C(C)(C)C. The van der Waals surface area contributed by atoms with Crippen molar-refractivity contribution in [2.24, 2.45) is 0 Å². The van der Waals surface area contributed by atoms with E-state index in [0.29, 0.717) is 0 Å². The van der Waals surface area contributed by atoms with E-state index < -0.39 is 0 Å². The van der Waals surface area contributed by atoms with Crippen molar-refractivity contribution in [3.05, 3.63) is 30.3 Å². The molecule has 13 heavy (non-hydrogen) atoms. The van der Waals surface area contributed by atoms with Gasteiger partial charge in [0.05, 0.1) is 0 Å². The zero-order chi connectivity index (χ0) is 9.90. The second-order valence-electron chi connectivity index (χ2n) is 3.98. The van der Waals surface area contributed by atoms with Crippen molar-refractivity contribution in [1.29, 1.82) is 0 Å². The van der Waals surface area contributed by atoms with Gasteiger partial charge in [-0.25, -0.2) is 0 Å². The fourth-order valence-electron chi connectivity index (χ4n) is 1.33. The zero-order valence-electron chi connectivity index (χ0n) is 8.74. The molecule has 2 heteroatoms. The molecule has 1 nitrogen and oxygen atoms in total. The highest BCUT2D eigenvalue weighted by atomic mass is 32.2. The predicted octanol–water partition coefficient (Wildman–Crippen LogP) is 3.57. The Morgan fingerprint density at radius 1 is 1.08 bits per heavy atom. The van der Waals surface area contributed by atoms with Crippen LogP contribution in [0.4, 0.5) is 5.69 Å². The summed E-state index contributed by atoms with van der Waals surface area (Å²) in [5.74, 6) is 0. The van der Waals surface area contributed by atoms with Crippen LogP contribution in [0.15, 0.2) is 30.3 Å². The van der Waals surface area contributed by atoms with Crippen LogP contribution in [-0.2, 0) is 0 Å². The topological polar surface area (TPSA) is 3.24 Å². The first-order valence-corrected chi connectivity index (χ1v) is 5.63. The number of hydrogen-bond donors (Lipinski definition) is 0. The smallest absolute Gasteiger partial charge is 0.0475 e. The van der Waals surface area contributed by atoms with Crippen LogP contribution in [0, 0.1) is 0 Å². The van der Waals surface area contributed by atoms with Gasteiger partial charge in [-0.05, 0) is 32.9 Å². The normalized spacial score (nSPS) is 11.4. The van der Waals surface area contributed by atoms with E-state index in [1.165, 1.54) is 5.69 Å². The molecular weight excluding hydrogens is 178 g/mol. The summed E-state index contributed by atoms with van der Waals surface area (Å²) < 4.78 is 2.31. The number of benzene rings is 1. The lowest BCUT2D eigenvalue weighted by Crippen LogP contribution is -2.35. The van der Waals surface area contributed by atoms with Gasteiger partial charge in [-0.15, -0.1) is 0 Å². The Bertz CT molecular complexity index is 251. The maximum absolute atomic E-state index is 2.31.